The maximum absolute atomic E-state index is 12.1. The van der Waals surface area contributed by atoms with E-state index in [1.807, 2.05) is 12.1 Å². The number of primary sulfonamides is 1. The molecule has 0 aliphatic carbocycles. The zero-order valence-corrected chi connectivity index (χ0v) is 13.8. The third-order valence-corrected chi connectivity index (χ3v) is 5.34. The first-order chi connectivity index (χ1) is 10.9. The molecule has 0 radical (unpaired) electrons. The Morgan fingerprint density at radius 1 is 1.22 bits per heavy atom. The molecule has 3 heterocycles. The number of rotatable bonds is 4. The number of piperidine rings is 1. The second-order valence-electron chi connectivity index (χ2n) is 6.33. The highest BCUT2D eigenvalue weighted by atomic mass is 32.2. The maximum atomic E-state index is 12.1. The zero-order chi connectivity index (χ0) is 16.4. The van der Waals surface area contributed by atoms with Crippen molar-refractivity contribution in [3.63, 3.8) is 0 Å². The molecule has 1 unspecified atom stereocenters. The van der Waals surface area contributed by atoms with Crippen LogP contribution >= 0.6 is 0 Å². The molecule has 2 saturated heterocycles. The molecule has 3 rings (SSSR count). The number of nitrogens with two attached hydrogens (primary N) is 1. The van der Waals surface area contributed by atoms with E-state index in [1.54, 1.807) is 11.1 Å². The Hall–Kier alpha value is -1.67. The Bertz CT molecular complexity index is 668. The molecule has 126 valence electrons. The van der Waals surface area contributed by atoms with Gasteiger partial charge < -0.3 is 4.90 Å². The Balaban J connectivity index is 1.68. The molecule has 1 aromatic rings. The van der Waals surface area contributed by atoms with Crippen molar-refractivity contribution < 1.29 is 13.2 Å². The molecule has 1 amide bonds. The van der Waals surface area contributed by atoms with Crippen LogP contribution in [0.5, 0.6) is 0 Å². The number of carbonyl (C=O) groups is 1. The molecule has 2 aliphatic rings. The molecule has 23 heavy (non-hydrogen) atoms. The van der Waals surface area contributed by atoms with E-state index >= 15 is 0 Å². The molecule has 2 aliphatic heterocycles. The zero-order valence-electron chi connectivity index (χ0n) is 13.0. The molecule has 0 bridgehead atoms. The first-order valence-electron chi connectivity index (χ1n) is 7.94. The van der Waals surface area contributed by atoms with Gasteiger partial charge in [0.25, 0.3) is 0 Å². The Morgan fingerprint density at radius 3 is 2.57 bits per heavy atom. The van der Waals surface area contributed by atoms with Crippen LogP contribution in [0.2, 0.25) is 0 Å². The van der Waals surface area contributed by atoms with Crippen LogP contribution in [0.3, 0.4) is 0 Å². The van der Waals surface area contributed by atoms with Gasteiger partial charge in [0, 0.05) is 32.0 Å². The summed E-state index contributed by atoms with van der Waals surface area (Å²) in [4.78, 5) is 20.4. The summed E-state index contributed by atoms with van der Waals surface area (Å²) >= 11 is 0. The van der Waals surface area contributed by atoms with Gasteiger partial charge in [-0.15, -0.1) is 0 Å². The van der Waals surface area contributed by atoms with E-state index in [1.165, 1.54) is 19.3 Å². The molecule has 0 saturated carbocycles. The Kier molecular flexibility index (Phi) is 4.54. The molecule has 8 heteroatoms. The molecular weight excluding hydrogens is 316 g/mol. The standard InChI is InChI=1S/C15H22N4O3S/c16-23(21,22)11-12-8-15(20)19(10-12)14-5-4-13(9-17-14)18-6-2-1-3-7-18/h4-5,9,12H,1-3,6-8,10-11H2,(H2,16,21,22). The van der Waals surface area contributed by atoms with Gasteiger partial charge in [-0.25, -0.2) is 18.5 Å². The van der Waals surface area contributed by atoms with E-state index < -0.39 is 10.0 Å². The lowest BCUT2D eigenvalue weighted by atomic mass is 10.1. The van der Waals surface area contributed by atoms with Crippen molar-refractivity contribution in [2.45, 2.75) is 25.7 Å². The smallest absolute Gasteiger partial charge is 0.228 e. The number of nitrogens with zero attached hydrogens (tertiary/aromatic N) is 3. The van der Waals surface area contributed by atoms with Gasteiger partial charge in [0.1, 0.15) is 5.82 Å². The van der Waals surface area contributed by atoms with E-state index in [9.17, 15) is 13.2 Å². The maximum Gasteiger partial charge on any atom is 0.228 e. The number of aromatic nitrogens is 1. The average Bonchev–Trinajstić information content (AvgIpc) is 2.87. The second kappa shape index (κ2) is 6.45. The first kappa shape index (κ1) is 16.2. The molecular formula is C15H22N4O3S. The van der Waals surface area contributed by atoms with Crippen molar-refractivity contribution in [3.05, 3.63) is 18.3 Å². The number of amides is 1. The summed E-state index contributed by atoms with van der Waals surface area (Å²) in [5.74, 6) is 0.0480. The van der Waals surface area contributed by atoms with Crippen LogP contribution in [0, 0.1) is 5.92 Å². The van der Waals surface area contributed by atoms with Crippen LogP contribution in [0.4, 0.5) is 11.5 Å². The fourth-order valence-electron chi connectivity index (χ4n) is 3.32. The minimum absolute atomic E-state index is 0.100. The van der Waals surface area contributed by atoms with Crippen molar-refractivity contribution in [2.75, 3.05) is 35.2 Å². The van der Waals surface area contributed by atoms with Crippen molar-refractivity contribution in [3.8, 4) is 0 Å². The number of hydrogen-bond donors (Lipinski definition) is 1. The molecule has 0 spiro atoms. The highest BCUT2D eigenvalue weighted by molar-refractivity contribution is 7.89. The summed E-state index contributed by atoms with van der Waals surface area (Å²) in [5, 5.41) is 5.07. The third-order valence-electron chi connectivity index (χ3n) is 4.40. The Morgan fingerprint density at radius 2 is 1.96 bits per heavy atom. The van der Waals surface area contributed by atoms with E-state index in [0.29, 0.717) is 12.4 Å². The number of pyridine rings is 1. The molecule has 1 atom stereocenters. The van der Waals surface area contributed by atoms with Gasteiger partial charge >= 0.3 is 0 Å². The van der Waals surface area contributed by atoms with Crippen LogP contribution in [0.25, 0.3) is 0 Å². The molecule has 7 nitrogen and oxygen atoms in total. The van der Waals surface area contributed by atoms with Crippen LogP contribution in [-0.4, -0.2) is 44.7 Å². The monoisotopic (exact) mass is 338 g/mol. The third kappa shape index (κ3) is 4.00. The van der Waals surface area contributed by atoms with E-state index in [2.05, 4.69) is 9.88 Å². The van der Waals surface area contributed by atoms with Gasteiger partial charge in [0.2, 0.25) is 15.9 Å². The SMILES string of the molecule is NS(=O)(=O)CC1CC(=O)N(c2ccc(N3CCCCC3)cn2)C1. The summed E-state index contributed by atoms with van der Waals surface area (Å²) in [5.41, 5.74) is 1.07. The summed E-state index contributed by atoms with van der Waals surface area (Å²) in [6.45, 7) is 2.44. The average molecular weight is 338 g/mol. The highest BCUT2D eigenvalue weighted by Gasteiger charge is 2.33. The quantitative estimate of drug-likeness (QED) is 0.872. The van der Waals surface area contributed by atoms with Crippen LogP contribution in [-0.2, 0) is 14.8 Å². The van der Waals surface area contributed by atoms with Crippen molar-refractivity contribution in [1.29, 1.82) is 0 Å². The van der Waals surface area contributed by atoms with Crippen LogP contribution < -0.4 is 14.9 Å². The summed E-state index contributed by atoms with van der Waals surface area (Å²) in [7, 11) is -3.56. The molecule has 1 aromatic heterocycles. The normalized spacial score (nSPS) is 22.7. The molecule has 2 N–H and O–H groups in total. The first-order valence-corrected chi connectivity index (χ1v) is 9.66. The lowest BCUT2D eigenvalue weighted by Gasteiger charge is -2.28. The lowest BCUT2D eigenvalue weighted by Crippen LogP contribution is -2.30. The Labute approximate surface area is 136 Å². The highest BCUT2D eigenvalue weighted by Crippen LogP contribution is 2.26. The lowest BCUT2D eigenvalue weighted by molar-refractivity contribution is -0.117. The number of carbonyl (C=O) groups excluding carboxylic acids is 1. The fraction of sp³-hybridized carbons (Fsp3) is 0.600. The second-order valence-corrected chi connectivity index (χ2v) is 7.99. The minimum atomic E-state index is -3.56. The van der Waals surface area contributed by atoms with Gasteiger partial charge in [-0.3, -0.25) is 9.69 Å². The minimum Gasteiger partial charge on any atom is -0.370 e. The summed E-state index contributed by atoms with van der Waals surface area (Å²) in [6, 6.07) is 3.81. The van der Waals surface area contributed by atoms with Gasteiger partial charge in [-0.05, 0) is 31.4 Å². The molecule has 0 aromatic carbocycles. The summed E-state index contributed by atoms with van der Waals surface area (Å²) in [6.07, 6.45) is 5.66. The van der Waals surface area contributed by atoms with Crippen molar-refractivity contribution in [2.24, 2.45) is 11.1 Å². The van der Waals surface area contributed by atoms with Gasteiger partial charge in [0.15, 0.2) is 0 Å². The van der Waals surface area contributed by atoms with Gasteiger partial charge in [0.05, 0.1) is 17.6 Å². The van der Waals surface area contributed by atoms with Gasteiger partial charge in [-0.1, -0.05) is 0 Å². The largest absolute Gasteiger partial charge is 0.370 e. The van der Waals surface area contributed by atoms with E-state index in [-0.39, 0.29) is 24.0 Å². The van der Waals surface area contributed by atoms with Crippen LogP contribution in [0.1, 0.15) is 25.7 Å². The summed E-state index contributed by atoms with van der Waals surface area (Å²) < 4.78 is 22.4. The van der Waals surface area contributed by atoms with E-state index in [0.717, 1.165) is 18.8 Å². The van der Waals surface area contributed by atoms with Crippen LogP contribution in [0.15, 0.2) is 18.3 Å². The van der Waals surface area contributed by atoms with E-state index in [4.69, 9.17) is 5.14 Å². The fourth-order valence-corrected chi connectivity index (χ4v) is 4.20. The molecule has 2 fully saturated rings. The van der Waals surface area contributed by atoms with Gasteiger partial charge in [-0.2, -0.15) is 0 Å². The number of hydrogen-bond acceptors (Lipinski definition) is 5. The number of anilines is 2. The van der Waals surface area contributed by atoms with Crippen molar-refractivity contribution >= 4 is 27.4 Å². The predicted molar refractivity (Wildman–Crippen MR) is 88.7 cm³/mol. The predicted octanol–water partition coefficient (Wildman–Crippen LogP) is 0.713. The topological polar surface area (TPSA) is 96.6 Å². The number of sulfonamides is 1. The van der Waals surface area contributed by atoms with Crippen molar-refractivity contribution in [1.82, 2.24) is 4.98 Å².